The van der Waals surface area contributed by atoms with Crippen LogP contribution in [0.1, 0.15) is 16.2 Å². The molecule has 0 saturated carbocycles. The molecule has 3 N–H and O–H groups in total. The van der Waals surface area contributed by atoms with E-state index in [1.165, 1.54) is 6.07 Å². The number of carbonyl (C=O) groups is 1. The molecule has 3 aromatic rings. The number of fused-ring (bicyclic) bond motifs is 1. The highest BCUT2D eigenvalue weighted by atomic mass is 35.5. The monoisotopic (exact) mass is 554 g/mol. The Morgan fingerprint density at radius 1 is 1.27 bits per heavy atom. The van der Waals surface area contributed by atoms with Crippen LogP contribution < -0.4 is 20.8 Å². The zero-order valence-electron chi connectivity index (χ0n) is 19.6. The number of aromatic nitrogens is 2. The summed E-state index contributed by atoms with van der Waals surface area (Å²) in [6.07, 6.45) is -0.0536. The van der Waals surface area contributed by atoms with Gasteiger partial charge in [0.25, 0.3) is 11.5 Å². The number of rotatable bonds is 9. The Morgan fingerprint density at radius 3 is 2.65 bits per heavy atom. The van der Waals surface area contributed by atoms with Crippen LogP contribution >= 0.6 is 11.6 Å². The number of ether oxygens (including phenoxy) is 3. The fourth-order valence-corrected chi connectivity index (χ4v) is 4.47. The van der Waals surface area contributed by atoms with E-state index < -0.39 is 39.5 Å². The molecule has 0 aliphatic carbocycles. The molecule has 1 fully saturated rings. The van der Waals surface area contributed by atoms with Crippen molar-refractivity contribution in [1.29, 1.82) is 0 Å². The zero-order valence-corrected chi connectivity index (χ0v) is 21.2. The molecule has 1 aliphatic heterocycles. The number of primary amides is 1. The average Bonchev–Trinajstić information content (AvgIpc) is 2.84. The van der Waals surface area contributed by atoms with Crippen LogP contribution in [0.2, 0.25) is 5.02 Å². The number of halogens is 2. The molecule has 2 unspecified atom stereocenters. The summed E-state index contributed by atoms with van der Waals surface area (Å²) in [5.41, 5.74) is 5.39. The van der Waals surface area contributed by atoms with Gasteiger partial charge in [-0.05, 0) is 29.8 Å². The van der Waals surface area contributed by atoms with Gasteiger partial charge in [0.2, 0.25) is 15.8 Å². The van der Waals surface area contributed by atoms with Gasteiger partial charge in [-0.15, -0.1) is 0 Å². The summed E-state index contributed by atoms with van der Waals surface area (Å²) in [5.74, 6) is -2.39. The summed E-state index contributed by atoms with van der Waals surface area (Å²) in [4.78, 5) is 29.8. The Morgan fingerprint density at radius 2 is 2.00 bits per heavy atom. The van der Waals surface area contributed by atoms with E-state index in [0.717, 1.165) is 16.9 Å². The topological polar surface area (TPSA) is 152 Å². The van der Waals surface area contributed by atoms with Gasteiger partial charge in [-0.2, -0.15) is 0 Å². The van der Waals surface area contributed by atoms with Crippen LogP contribution in [0, 0.1) is 5.82 Å². The summed E-state index contributed by atoms with van der Waals surface area (Å²) in [6, 6.07) is 8.99. The summed E-state index contributed by atoms with van der Waals surface area (Å²) < 4.78 is 57.6. The molecule has 0 bridgehead atoms. The van der Waals surface area contributed by atoms with Crippen molar-refractivity contribution in [2.75, 3.05) is 32.6 Å². The normalized spacial score (nSPS) is 18.1. The second-order valence-corrected chi connectivity index (χ2v) is 10.7. The minimum atomic E-state index is -3.37. The van der Waals surface area contributed by atoms with E-state index in [4.69, 9.17) is 31.5 Å². The standard InChI is InChI=1S/C23H24ClFN4O7S/c1-37(32,33)27-8-15-10-35-16(11-34-15)12-36-20-17(25)5-6-18-19(20)23(31)29(22(28-18)21(26)30)9-13-3-2-4-14(24)7-13/h2-7,15-16,27H,8-12H2,1H3,(H2,26,30). The molecular formula is C23H24ClFN4O7S. The van der Waals surface area contributed by atoms with Crippen LogP contribution in [-0.4, -0.2) is 68.7 Å². The van der Waals surface area contributed by atoms with Crippen LogP contribution in [-0.2, 0) is 26.0 Å². The van der Waals surface area contributed by atoms with Gasteiger partial charge in [0.15, 0.2) is 11.6 Å². The Kier molecular flexibility index (Phi) is 8.09. The molecular weight excluding hydrogens is 531 g/mol. The molecule has 1 amide bonds. The Hall–Kier alpha value is -3.10. The van der Waals surface area contributed by atoms with Crippen LogP contribution in [0.5, 0.6) is 5.75 Å². The summed E-state index contributed by atoms with van der Waals surface area (Å²) in [7, 11) is -3.37. The third-order valence-electron chi connectivity index (χ3n) is 5.50. The number of amides is 1. The molecule has 0 radical (unpaired) electrons. The van der Waals surface area contributed by atoms with E-state index in [9.17, 15) is 22.4 Å². The van der Waals surface area contributed by atoms with Crippen LogP contribution in [0.25, 0.3) is 10.9 Å². The highest BCUT2D eigenvalue weighted by Gasteiger charge is 2.26. The van der Waals surface area contributed by atoms with Gasteiger partial charge in [-0.1, -0.05) is 23.7 Å². The number of nitrogens with two attached hydrogens (primary N) is 1. The SMILES string of the molecule is CS(=O)(=O)NCC1COC(COc2c(F)ccc3nc(C(N)=O)n(Cc4cccc(Cl)c4)c(=O)c23)CO1. The lowest BCUT2D eigenvalue weighted by atomic mass is 10.2. The first kappa shape index (κ1) is 26.9. The molecule has 1 saturated heterocycles. The van der Waals surface area contributed by atoms with Crippen molar-refractivity contribution in [1.82, 2.24) is 14.3 Å². The average molecular weight is 555 g/mol. The van der Waals surface area contributed by atoms with Crippen molar-refractivity contribution in [2.45, 2.75) is 18.8 Å². The molecule has 1 aliphatic rings. The fraction of sp³-hybridized carbons (Fsp3) is 0.348. The highest BCUT2D eigenvalue weighted by molar-refractivity contribution is 7.88. The molecule has 2 aromatic carbocycles. The number of sulfonamides is 1. The van der Waals surface area contributed by atoms with Crippen molar-refractivity contribution in [3.8, 4) is 5.75 Å². The molecule has 37 heavy (non-hydrogen) atoms. The van der Waals surface area contributed by atoms with E-state index in [1.54, 1.807) is 24.3 Å². The predicted molar refractivity (Wildman–Crippen MR) is 133 cm³/mol. The van der Waals surface area contributed by atoms with Crippen molar-refractivity contribution in [3.05, 3.63) is 69.0 Å². The number of hydrogen-bond donors (Lipinski definition) is 2. The van der Waals surface area contributed by atoms with E-state index >= 15 is 0 Å². The van der Waals surface area contributed by atoms with Crippen molar-refractivity contribution >= 4 is 38.4 Å². The van der Waals surface area contributed by atoms with Crippen LogP contribution in [0.4, 0.5) is 4.39 Å². The first-order chi connectivity index (χ1) is 17.5. The summed E-state index contributed by atoms with van der Waals surface area (Å²) >= 11 is 6.04. The van der Waals surface area contributed by atoms with Crippen molar-refractivity contribution in [3.63, 3.8) is 0 Å². The summed E-state index contributed by atoms with van der Waals surface area (Å²) in [6.45, 7) is -0.0485. The third kappa shape index (κ3) is 6.62. The Bertz CT molecular complexity index is 1490. The lowest BCUT2D eigenvalue weighted by Gasteiger charge is -2.29. The van der Waals surface area contributed by atoms with Gasteiger partial charge >= 0.3 is 0 Å². The first-order valence-electron chi connectivity index (χ1n) is 11.1. The van der Waals surface area contributed by atoms with Crippen molar-refractivity contribution in [2.24, 2.45) is 5.73 Å². The van der Waals surface area contributed by atoms with Crippen LogP contribution in [0.3, 0.4) is 0 Å². The van der Waals surface area contributed by atoms with Crippen LogP contribution in [0.15, 0.2) is 41.2 Å². The van der Waals surface area contributed by atoms with E-state index in [0.29, 0.717) is 10.6 Å². The second kappa shape index (κ2) is 11.1. The largest absolute Gasteiger partial charge is 0.487 e. The molecule has 4 rings (SSSR count). The minimum Gasteiger partial charge on any atom is -0.487 e. The van der Waals surface area contributed by atoms with Gasteiger partial charge in [-0.3, -0.25) is 14.2 Å². The molecule has 2 heterocycles. The van der Waals surface area contributed by atoms with E-state index in [2.05, 4.69) is 9.71 Å². The third-order valence-corrected chi connectivity index (χ3v) is 6.43. The number of nitrogens with one attached hydrogen (secondary N) is 1. The van der Waals surface area contributed by atoms with Gasteiger partial charge in [0.05, 0.1) is 37.6 Å². The van der Waals surface area contributed by atoms with Gasteiger partial charge in [0, 0.05) is 11.6 Å². The number of nitrogens with zero attached hydrogens (tertiary/aromatic N) is 2. The number of hydrogen-bond acceptors (Lipinski definition) is 8. The first-order valence-corrected chi connectivity index (χ1v) is 13.4. The fourth-order valence-electron chi connectivity index (χ4n) is 3.76. The molecule has 14 heteroatoms. The van der Waals surface area contributed by atoms with Gasteiger partial charge in [-0.25, -0.2) is 22.5 Å². The minimum absolute atomic E-state index is 0.0327. The lowest BCUT2D eigenvalue weighted by Crippen LogP contribution is -2.44. The van der Waals surface area contributed by atoms with E-state index in [-0.39, 0.29) is 55.4 Å². The molecule has 1 aromatic heterocycles. The lowest BCUT2D eigenvalue weighted by molar-refractivity contribution is -0.139. The molecule has 0 spiro atoms. The zero-order chi connectivity index (χ0) is 26.7. The Balaban J connectivity index is 1.58. The molecule has 11 nitrogen and oxygen atoms in total. The highest BCUT2D eigenvalue weighted by Crippen LogP contribution is 2.26. The quantitative estimate of drug-likeness (QED) is 0.398. The maximum Gasteiger partial charge on any atom is 0.284 e. The van der Waals surface area contributed by atoms with E-state index in [1.807, 2.05) is 0 Å². The van der Waals surface area contributed by atoms with Gasteiger partial charge < -0.3 is 19.9 Å². The second-order valence-electron chi connectivity index (χ2n) is 8.43. The number of benzene rings is 2. The molecule has 198 valence electrons. The predicted octanol–water partition coefficient (Wildman–Crippen LogP) is 1.05. The smallest absolute Gasteiger partial charge is 0.284 e. The van der Waals surface area contributed by atoms with Crippen molar-refractivity contribution < 1.29 is 31.8 Å². The maximum atomic E-state index is 14.9. The Labute approximate surface area is 216 Å². The molecule has 2 atom stereocenters. The number of carbonyl (C=O) groups excluding carboxylic acids is 1. The summed E-state index contributed by atoms with van der Waals surface area (Å²) in [5, 5.41) is 0.262. The van der Waals surface area contributed by atoms with Gasteiger partial charge in [0.1, 0.15) is 18.1 Å². The maximum absolute atomic E-state index is 14.9.